The first-order valence-corrected chi connectivity index (χ1v) is 9.54. The third-order valence-electron chi connectivity index (χ3n) is 5.97. The van der Waals surface area contributed by atoms with Crippen LogP contribution in [0.2, 0.25) is 0 Å². The number of carbonyl (C=O) groups excluding carboxylic acids is 1. The van der Waals surface area contributed by atoms with Crippen LogP contribution < -0.4 is 0 Å². The molecule has 0 radical (unpaired) electrons. The van der Waals surface area contributed by atoms with Crippen molar-refractivity contribution in [1.82, 2.24) is 9.80 Å². The lowest BCUT2D eigenvalue weighted by molar-refractivity contribution is 0.0294. The fourth-order valence-electron chi connectivity index (χ4n) is 4.56. The van der Waals surface area contributed by atoms with Crippen molar-refractivity contribution in [3.8, 4) is 0 Å². The van der Waals surface area contributed by atoms with Crippen molar-refractivity contribution in [3.05, 3.63) is 71.5 Å². The first kappa shape index (κ1) is 17.2. The maximum absolute atomic E-state index is 13.5. The molecule has 2 aromatic rings. The van der Waals surface area contributed by atoms with E-state index in [1.54, 1.807) is 12.1 Å². The van der Waals surface area contributed by atoms with Crippen molar-refractivity contribution in [2.24, 2.45) is 0 Å². The molecule has 0 atom stereocenters. The zero-order valence-electron chi connectivity index (χ0n) is 15.0. The summed E-state index contributed by atoms with van der Waals surface area (Å²) in [6, 6.07) is 16.7. The van der Waals surface area contributed by atoms with E-state index in [4.69, 9.17) is 0 Å². The SMILES string of the molecule is O=C(c1cccc(F)c1)N1CCC(c2ccccc2)(N2CCCC2)CC1. The number of hydrogen-bond donors (Lipinski definition) is 0. The molecule has 2 heterocycles. The summed E-state index contributed by atoms with van der Waals surface area (Å²) in [6.45, 7) is 3.68. The molecule has 3 nitrogen and oxygen atoms in total. The van der Waals surface area contributed by atoms with E-state index >= 15 is 0 Å². The Hall–Kier alpha value is -2.20. The average Bonchev–Trinajstić information content (AvgIpc) is 3.23. The van der Waals surface area contributed by atoms with Crippen LogP contribution in [0.5, 0.6) is 0 Å². The lowest BCUT2D eigenvalue weighted by atomic mass is 9.79. The third-order valence-corrected chi connectivity index (χ3v) is 5.97. The van der Waals surface area contributed by atoms with Crippen LogP contribution >= 0.6 is 0 Å². The third kappa shape index (κ3) is 3.14. The predicted octanol–water partition coefficient (Wildman–Crippen LogP) is 4.05. The Morgan fingerprint density at radius 3 is 2.23 bits per heavy atom. The molecule has 26 heavy (non-hydrogen) atoms. The summed E-state index contributed by atoms with van der Waals surface area (Å²) in [5.74, 6) is -0.420. The van der Waals surface area contributed by atoms with Crippen LogP contribution in [0.1, 0.15) is 41.6 Å². The second-order valence-corrected chi connectivity index (χ2v) is 7.39. The molecule has 4 heteroatoms. The number of nitrogens with zero attached hydrogens (tertiary/aromatic N) is 2. The van der Waals surface area contributed by atoms with E-state index in [2.05, 4.69) is 35.2 Å². The smallest absolute Gasteiger partial charge is 0.253 e. The molecule has 0 spiro atoms. The van der Waals surface area contributed by atoms with Crippen molar-refractivity contribution in [2.75, 3.05) is 26.2 Å². The van der Waals surface area contributed by atoms with Crippen LogP contribution in [-0.4, -0.2) is 41.9 Å². The minimum atomic E-state index is -0.358. The fourth-order valence-corrected chi connectivity index (χ4v) is 4.56. The second-order valence-electron chi connectivity index (χ2n) is 7.39. The quantitative estimate of drug-likeness (QED) is 0.832. The highest BCUT2D eigenvalue weighted by Gasteiger charge is 2.43. The van der Waals surface area contributed by atoms with Crippen molar-refractivity contribution in [1.29, 1.82) is 0 Å². The zero-order chi connectivity index (χ0) is 18.0. The van der Waals surface area contributed by atoms with Gasteiger partial charge in [0.05, 0.1) is 0 Å². The molecule has 0 saturated carbocycles. The summed E-state index contributed by atoms with van der Waals surface area (Å²) < 4.78 is 13.5. The standard InChI is InChI=1S/C22H25FN2O/c23-20-10-6-7-18(17-20)21(26)24-15-11-22(12-16-24,25-13-4-5-14-25)19-8-2-1-3-9-19/h1-3,6-10,17H,4-5,11-16H2. The largest absolute Gasteiger partial charge is 0.338 e. The van der Waals surface area contributed by atoms with Gasteiger partial charge >= 0.3 is 0 Å². The number of hydrogen-bond acceptors (Lipinski definition) is 2. The molecule has 2 aliphatic rings. The van der Waals surface area contributed by atoms with Crippen LogP contribution in [0.25, 0.3) is 0 Å². The van der Waals surface area contributed by atoms with Crippen molar-refractivity contribution >= 4 is 5.91 Å². The Morgan fingerprint density at radius 1 is 0.885 bits per heavy atom. The maximum Gasteiger partial charge on any atom is 0.253 e. The molecule has 0 N–H and O–H groups in total. The van der Waals surface area contributed by atoms with Crippen molar-refractivity contribution < 1.29 is 9.18 Å². The molecular weight excluding hydrogens is 327 g/mol. The van der Waals surface area contributed by atoms with Gasteiger partial charge in [0.15, 0.2) is 0 Å². The lowest BCUT2D eigenvalue weighted by Gasteiger charge is -2.48. The van der Waals surface area contributed by atoms with E-state index in [0.717, 1.165) is 25.9 Å². The number of likely N-dealkylation sites (tertiary alicyclic amines) is 2. The van der Waals surface area contributed by atoms with Gasteiger partial charge in [0.25, 0.3) is 5.91 Å². The summed E-state index contributed by atoms with van der Waals surface area (Å²) in [5.41, 5.74) is 1.83. The number of piperidine rings is 1. The van der Waals surface area contributed by atoms with Gasteiger partial charge in [-0.2, -0.15) is 0 Å². The summed E-state index contributed by atoms with van der Waals surface area (Å²) in [5, 5.41) is 0. The van der Waals surface area contributed by atoms with Crippen LogP contribution in [0.15, 0.2) is 54.6 Å². The minimum Gasteiger partial charge on any atom is -0.338 e. The van der Waals surface area contributed by atoms with E-state index in [0.29, 0.717) is 18.7 Å². The Bertz CT molecular complexity index is 763. The highest BCUT2D eigenvalue weighted by atomic mass is 19.1. The Labute approximate surface area is 154 Å². The maximum atomic E-state index is 13.5. The second kappa shape index (κ2) is 7.20. The van der Waals surface area contributed by atoms with Gasteiger partial charge in [-0.05, 0) is 62.5 Å². The fraction of sp³-hybridized carbons (Fsp3) is 0.409. The molecule has 136 valence electrons. The summed E-state index contributed by atoms with van der Waals surface area (Å²) in [4.78, 5) is 17.3. The van der Waals surface area contributed by atoms with Gasteiger partial charge < -0.3 is 4.90 Å². The van der Waals surface area contributed by atoms with Crippen molar-refractivity contribution in [3.63, 3.8) is 0 Å². The van der Waals surface area contributed by atoms with Gasteiger partial charge in [-0.3, -0.25) is 9.69 Å². The number of benzene rings is 2. The Kier molecular flexibility index (Phi) is 4.77. The molecule has 1 amide bonds. The number of rotatable bonds is 3. The molecule has 2 fully saturated rings. The highest BCUT2D eigenvalue weighted by molar-refractivity contribution is 5.94. The Morgan fingerprint density at radius 2 is 1.58 bits per heavy atom. The van der Waals surface area contributed by atoms with Gasteiger partial charge in [0.1, 0.15) is 5.82 Å². The van der Waals surface area contributed by atoms with Crippen molar-refractivity contribution in [2.45, 2.75) is 31.2 Å². The highest BCUT2D eigenvalue weighted by Crippen LogP contribution is 2.41. The molecule has 2 aromatic carbocycles. The Balaban J connectivity index is 1.55. The number of halogens is 1. The van der Waals surface area contributed by atoms with Gasteiger partial charge in [-0.1, -0.05) is 36.4 Å². The molecule has 0 aromatic heterocycles. The van der Waals surface area contributed by atoms with Crippen LogP contribution in [-0.2, 0) is 5.54 Å². The monoisotopic (exact) mass is 352 g/mol. The molecule has 2 aliphatic heterocycles. The molecule has 0 bridgehead atoms. The molecule has 2 saturated heterocycles. The van der Waals surface area contributed by atoms with Gasteiger partial charge in [-0.25, -0.2) is 4.39 Å². The molecule has 0 aliphatic carbocycles. The predicted molar refractivity (Wildman–Crippen MR) is 100 cm³/mol. The van der Waals surface area contributed by atoms with Gasteiger partial charge in [0.2, 0.25) is 0 Å². The van der Waals surface area contributed by atoms with E-state index < -0.39 is 0 Å². The average molecular weight is 352 g/mol. The summed E-state index contributed by atoms with van der Waals surface area (Å²) >= 11 is 0. The van der Waals surface area contributed by atoms with Crippen LogP contribution in [0.4, 0.5) is 4.39 Å². The number of carbonyl (C=O) groups is 1. The minimum absolute atomic E-state index is 0.0243. The molecule has 4 rings (SSSR count). The van der Waals surface area contributed by atoms with E-state index in [1.165, 1.54) is 30.5 Å². The first-order chi connectivity index (χ1) is 12.7. The molecule has 0 unspecified atom stereocenters. The number of amides is 1. The summed E-state index contributed by atoms with van der Waals surface area (Å²) in [7, 11) is 0. The normalized spacial score (nSPS) is 20.3. The first-order valence-electron chi connectivity index (χ1n) is 9.54. The van der Waals surface area contributed by atoms with Crippen LogP contribution in [0, 0.1) is 5.82 Å². The van der Waals surface area contributed by atoms with E-state index in [1.807, 2.05) is 4.90 Å². The van der Waals surface area contributed by atoms with E-state index in [-0.39, 0.29) is 17.3 Å². The summed E-state index contributed by atoms with van der Waals surface area (Å²) in [6.07, 6.45) is 4.36. The van der Waals surface area contributed by atoms with Gasteiger partial charge in [0, 0.05) is 24.2 Å². The zero-order valence-corrected chi connectivity index (χ0v) is 15.0. The van der Waals surface area contributed by atoms with Gasteiger partial charge in [-0.15, -0.1) is 0 Å². The van der Waals surface area contributed by atoms with Crippen LogP contribution in [0.3, 0.4) is 0 Å². The molecular formula is C22H25FN2O. The topological polar surface area (TPSA) is 23.6 Å². The van der Waals surface area contributed by atoms with E-state index in [9.17, 15) is 9.18 Å². The lowest BCUT2D eigenvalue weighted by Crippen LogP contribution is -2.53.